The van der Waals surface area contributed by atoms with Crippen LogP contribution in [0.5, 0.6) is 11.5 Å². The van der Waals surface area contributed by atoms with Crippen molar-refractivity contribution in [2.24, 2.45) is 0 Å². The minimum atomic E-state index is -3.96. The SMILES string of the molecule is CC(C)(C)NC(=O)C(Cc1ccccc1)N(Cc1c(Cl)cccc1Cl)C(=O)CN(c1ccc2c(c1)OCCO2)S(C)(=O)=O. The van der Waals surface area contributed by atoms with Gasteiger partial charge in [0.2, 0.25) is 21.8 Å². The number of carbonyl (C=O) groups is 2. The standard InChI is InChI=1S/C31H35Cl2N3O6S/c1-31(2,3)34-30(38)26(17-21-9-6-5-7-10-21)35(19-23-24(32)11-8-12-25(23)33)29(37)20-36(43(4,39)40)22-13-14-27-28(18-22)42-16-15-41-27/h5-14,18,26H,15-17,19-20H2,1-4H3,(H,34,38). The predicted molar refractivity (Wildman–Crippen MR) is 168 cm³/mol. The van der Waals surface area contributed by atoms with E-state index in [0.29, 0.717) is 40.3 Å². The third kappa shape index (κ3) is 8.55. The summed E-state index contributed by atoms with van der Waals surface area (Å²) in [6.07, 6.45) is 1.18. The van der Waals surface area contributed by atoms with Crippen LogP contribution in [0, 0.1) is 0 Å². The highest BCUT2D eigenvalue weighted by Gasteiger charge is 2.35. The maximum absolute atomic E-state index is 14.3. The van der Waals surface area contributed by atoms with Crippen molar-refractivity contribution in [2.75, 3.05) is 30.3 Å². The quantitative estimate of drug-likeness (QED) is 0.329. The Bertz CT molecular complexity index is 1560. The van der Waals surface area contributed by atoms with Gasteiger partial charge >= 0.3 is 0 Å². The molecule has 1 N–H and O–H groups in total. The first-order valence-electron chi connectivity index (χ1n) is 13.7. The molecule has 1 aliphatic heterocycles. The summed E-state index contributed by atoms with van der Waals surface area (Å²) >= 11 is 13.0. The molecule has 2 amide bonds. The Morgan fingerprint density at radius 3 is 2.16 bits per heavy atom. The van der Waals surface area contributed by atoms with E-state index >= 15 is 0 Å². The Kier molecular flexibility index (Phi) is 10.1. The summed E-state index contributed by atoms with van der Waals surface area (Å²) < 4.78 is 38.3. The van der Waals surface area contributed by atoms with Gasteiger partial charge in [0.1, 0.15) is 25.8 Å². The van der Waals surface area contributed by atoms with Crippen LogP contribution in [-0.2, 0) is 32.6 Å². The lowest BCUT2D eigenvalue weighted by Gasteiger charge is -2.35. The minimum absolute atomic E-state index is 0.134. The Hall–Kier alpha value is -3.47. The van der Waals surface area contributed by atoms with E-state index in [1.165, 1.54) is 11.0 Å². The molecule has 1 atom stereocenters. The van der Waals surface area contributed by atoms with Gasteiger partial charge in [-0.3, -0.25) is 13.9 Å². The number of hydrogen-bond acceptors (Lipinski definition) is 6. The summed E-state index contributed by atoms with van der Waals surface area (Å²) in [5.74, 6) is -0.179. The van der Waals surface area contributed by atoms with Gasteiger partial charge in [-0.05, 0) is 50.6 Å². The van der Waals surface area contributed by atoms with Crippen LogP contribution in [0.4, 0.5) is 5.69 Å². The van der Waals surface area contributed by atoms with Gasteiger partial charge in [-0.25, -0.2) is 8.42 Å². The van der Waals surface area contributed by atoms with E-state index in [-0.39, 0.29) is 18.7 Å². The van der Waals surface area contributed by atoms with Gasteiger partial charge in [0.15, 0.2) is 11.5 Å². The smallest absolute Gasteiger partial charge is 0.244 e. The van der Waals surface area contributed by atoms with Crippen LogP contribution in [0.1, 0.15) is 31.9 Å². The van der Waals surface area contributed by atoms with Gasteiger partial charge in [-0.1, -0.05) is 59.6 Å². The van der Waals surface area contributed by atoms with Crippen molar-refractivity contribution in [3.8, 4) is 11.5 Å². The van der Waals surface area contributed by atoms with E-state index < -0.39 is 40.0 Å². The molecule has 0 spiro atoms. The van der Waals surface area contributed by atoms with Gasteiger partial charge in [0.25, 0.3) is 0 Å². The molecule has 230 valence electrons. The lowest BCUT2D eigenvalue weighted by molar-refractivity contribution is -0.140. The number of carbonyl (C=O) groups excluding carboxylic acids is 2. The van der Waals surface area contributed by atoms with E-state index in [2.05, 4.69) is 5.32 Å². The van der Waals surface area contributed by atoms with E-state index in [0.717, 1.165) is 16.1 Å². The minimum Gasteiger partial charge on any atom is -0.486 e. The van der Waals surface area contributed by atoms with Crippen LogP contribution >= 0.6 is 23.2 Å². The van der Waals surface area contributed by atoms with Gasteiger partial charge < -0.3 is 19.7 Å². The summed E-state index contributed by atoms with van der Waals surface area (Å²) in [5, 5.41) is 3.60. The second-order valence-corrected chi connectivity index (χ2v) is 14.0. The molecule has 9 nitrogen and oxygen atoms in total. The van der Waals surface area contributed by atoms with Crippen molar-refractivity contribution >= 4 is 50.7 Å². The molecule has 1 unspecified atom stereocenters. The molecule has 0 aliphatic carbocycles. The molecular formula is C31H35Cl2N3O6S. The maximum atomic E-state index is 14.3. The first-order valence-corrected chi connectivity index (χ1v) is 16.3. The summed E-state index contributed by atoms with van der Waals surface area (Å²) in [4.78, 5) is 29.5. The zero-order chi connectivity index (χ0) is 31.4. The highest BCUT2D eigenvalue weighted by Crippen LogP contribution is 2.35. The van der Waals surface area contributed by atoms with Crippen LogP contribution in [-0.4, -0.2) is 62.7 Å². The van der Waals surface area contributed by atoms with Crippen molar-refractivity contribution in [2.45, 2.75) is 45.3 Å². The number of ether oxygens (including phenoxy) is 2. The fourth-order valence-corrected chi connectivity index (χ4v) is 6.02. The number of halogens is 2. The number of benzene rings is 3. The Balaban J connectivity index is 1.78. The number of nitrogens with zero attached hydrogens (tertiary/aromatic N) is 2. The van der Waals surface area contributed by atoms with Gasteiger partial charge in [-0.15, -0.1) is 0 Å². The van der Waals surface area contributed by atoms with E-state index in [4.69, 9.17) is 32.7 Å². The fraction of sp³-hybridized carbons (Fsp3) is 0.355. The Morgan fingerprint density at radius 1 is 0.930 bits per heavy atom. The van der Waals surface area contributed by atoms with Crippen molar-refractivity contribution in [1.29, 1.82) is 0 Å². The third-order valence-electron chi connectivity index (χ3n) is 6.65. The predicted octanol–water partition coefficient (Wildman–Crippen LogP) is 5.09. The first kappa shape index (κ1) is 32.4. The molecule has 0 radical (unpaired) electrons. The fourth-order valence-electron chi connectivity index (χ4n) is 4.66. The monoisotopic (exact) mass is 647 g/mol. The van der Waals surface area contributed by atoms with Gasteiger partial charge in [0, 0.05) is 40.2 Å². The Morgan fingerprint density at radius 2 is 1.56 bits per heavy atom. The normalized spacial score (nSPS) is 13.6. The molecule has 0 bridgehead atoms. The van der Waals surface area contributed by atoms with Crippen molar-refractivity contribution in [1.82, 2.24) is 10.2 Å². The number of fused-ring (bicyclic) bond motifs is 1. The third-order valence-corrected chi connectivity index (χ3v) is 8.50. The first-order chi connectivity index (χ1) is 20.2. The average Bonchev–Trinajstić information content (AvgIpc) is 2.93. The molecule has 0 saturated heterocycles. The van der Waals surface area contributed by atoms with Crippen LogP contribution in [0.3, 0.4) is 0 Å². The molecule has 3 aromatic carbocycles. The zero-order valence-corrected chi connectivity index (χ0v) is 26.8. The highest BCUT2D eigenvalue weighted by molar-refractivity contribution is 7.92. The number of sulfonamides is 1. The van der Waals surface area contributed by atoms with E-state index in [1.54, 1.807) is 30.3 Å². The molecule has 0 aromatic heterocycles. The summed E-state index contributed by atoms with van der Waals surface area (Å²) in [7, 11) is -3.96. The van der Waals surface area contributed by atoms with Crippen LogP contribution < -0.4 is 19.1 Å². The molecule has 1 aliphatic rings. The van der Waals surface area contributed by atoms with Crippen LogP contribution in [0.15, 0.2) is 66.7 Å². The molecule has 12 heteroatoms. The highest BCUT2D eigenvalue weighted by atomic mass is 35.5. The molecule has 43 heavy (non-hydrogen) atoms. The van der Waals surface area contributed by atoms with Crippen LogP contribution in [0.2, 0.25) is 10.0 Å². The second-order valence-electron chi connectivity index (χ2n) is 11.3. The van der Waals surface area contributed by atoms with Crippen molar-refractivity contribution in [3.63, 3.8) is 0 Å². The molecule has 0 fully saturated rings. The van der Waals surface area contributed by atoms with E-state index in [1.807, 2.05) is 51.1 Å². The molecular weight excluding hydrogens is 613 g/mol. The molecule has 3 aromatic rings. The van der Waals surface area contributed by atoms with Crippen LogP contribution in [0.25, 0.3) is 0 Å². The number of nitrogens with one attached hydrogen (secondary N) is 1. The summed E-state index contributed by atoms with van der Waals surface area (Å²) in [6.45, 7) is 5.49. The molecule has 4 rings (SSSR count). The second kappa shape index (κ2) is 13.4. The molecule has 0 saturated carbocycles. The average molecular weight is 649 g/mol. The zero-order valence-electron chi connectivity index (χ0n) is 24.5. The Labute approximate surface area is 262 Å². The summed E-state index contributed by atoms with van der Waals surface area (Å²) in [5.41, 5.74) is 0.860. The lowest BCUT2D eigenvalue weighted by atomic mass is 10.0. The number of amides is 2. The lowest BCUT2D eigenvalue weighted by Crippen LogP contribution is -2.56. The van der Waals surface area contributed by atoms with Crippen molar-refractivity contribution in [3.05, 3.63) is 87.9 Å². The van der Waals surface area contributed by atoms with E-state index in [9.17, 15) is 18.0 Å². The van der Waals surface area contributed by atoms with Crippen molar-refractivity contribution < 1.29 is 27.5 Å². The topological polar surface area (TPSA) is 105 Å². The largest absolute Gasteiger partial charge is 0.486 e. The summed E-state index contributed by atoms with van der Waals surface area (Å²) in [6, 6.07) is 17.9. The number of rotatable bonds is 10. The molecule has 1 heterocycles. The number of hydrogen-bond donors (Lipinski definition) is 1. The van der Waals surface area contributed by atoms with Gasteiger partial charge in [0.05, 0.1) is 11.9 Å². The maximum Gasteiger partial charge on any atom is 0.244 e. The van der Waals surface area contributed by atoms with Gasteiger partial charge in [-0.2, -0.15) is 0 Å². The number of anilines is 1.